The molecule has 0 saturated carbocycles. The lowest BCUT2D eigenvalue weighted by Crippen LogP contribution is -2.43. The lowest BCUT2D eigenvalue weighted by atomic mass is 9.81. The summed E-state index contributed by atoms with van der Waals surface area (Å²) in [7, 11) is 1.73. The van der Waals surface area contributed by atoms with E-state index < -0.39 is 0 Å². The summed E-state index contributed by atoms with van der Waals surface area (Å²) in [4.78, 5) is 22.7. The van der Waals surface area contributed by atoms with E-state index in [0.29, 0.717) is 11.4 Å². The third kappa shape index (κ3) is 3.39. The molecule has 23 heavy (non-hydrogen) atoms. The molecule has 0 spiro atoms. The van der Waals surface area contributed by atoms with Crippen molar-refractivity contribution in [2.75, 3.05) is 26.8 Å². The largest absolute Gasteiger partial charge is 0.384 e. The molecule has 0 aromatic carbocycles. The molecule has 1 aliphatic rings. The van der Waals surface area contributed by atoms with Crippen LogP contribution in [0.3, 0.4) is 0 Å². The molecule has 1 saturated heterocycles. The number of likely N-dealkylation sites (tertiary alicyclic amines) is 1. The van der Waals surface area contributed by atoms with E-state index in [2.05, 4.69) is 22.0 Å². The van der Waals surface area contributed by atoms with Crippen LogP contribution in [0.5, 0.6) is 0 Å². The van der Waals surface area contributed by atoms with Crippen LogP contribution >= 0.6 is 0 Å². The fourth-order valence-corrected chi connectivity index (χ4v) is 2.90. The number of nitrogens with zero attached hydrogens (tertiary/aromatic N) is 5. The van der Waals surface area contributed by atoms with Gasteiger partial charge in [0.2, 0.25) is 0 Å². The number of aromatic nitrogens is 4. The minimum absolute atomic E-state index is 0.0297. The predicted octanol–water partition coefficient (Wildman–Crippen LogP) is 1.55. The molecule has 0 radical (unpaired) electrons. The van der Waals surface area contributed by atoms with Crippen molar-refractivity contribution in [2.24, 2.45) is 5.41 Å². The normalized spacial score (nSPS) is 17.2. The topological polar surface area (TPSA) is 73.1 Å². The third-order valence-electron chi connectivity index (χ3n) is 4.40. The van der Waals surface area contributed by atoms with E-state index in [-0.39, 0.29) is 11.3 Å². The number of hydrogen-bond donors (Lipinski definition) is 0. The van der Waals surface area contributed by atoms with E-state index in [1.165, 1.54) is 6.33 Å². The van der Waals surface area contributed by atoms with Crippen molar-refractivity contribution in [3.05, 3.63) is 36.5 Å². The summed E-state index contributed by atoms with van der Waals surface area (Å²) in [6.07, 6.45) is 6.53. The molecule has 0 bridgehead atoms. The van der Waals surface area contributed by atoms with Gasteiger partial charge in [0.05, 0.1) is 12.2 Å². The molecule has 1 amide bonds. The Hall–Kier alpha value is -2.28. The van der Waals surface area contributed by atoms with E-state index in [1.54, 1.807) is 36.4 Å². The van der Waals surface area contributed by atoms with Crippen LogP contribution in [0.25, 0.3) is 5.82 Å². The second kappa shape index (κ2) is 6.45. The summed E-state index contributed by atoms with van der Waals surface area (Å²) in [5.74, 6) is 0.674. The number of ether oxygens (including phenoxy) is 1. The quantitative estimate of drug-likeness (QED) is 0.856. The van der Waals surface area contributed by atoms with Crippen LogP contribution in [-0.4, -0.2) is 57.4 Å². The van der Waals surface area contributed by atoms with Gasteiger partial charge in [-0.2, -0.15) is 5.10 Å². The average Bonchev–Trinajstić information content (AvgIpc) is 3.10. The molecule has 2 aromatic rings. The summed E-state index contributed by atoms with van der Waals surface area (Å²) in [6, 6.07) is 3.57. The standard InChI is InChI=1S/C16H21N5O2/c1-16(10-23-2)5-7-20(8-6-16)15(22)13-3-4-14(18-9-13)21-12-17-11-19-21/h3-4,9,11-12H,5-8,10H2,1-2H3. The van der Waals surface area contributed by atoms with Gasteiger partial charge in [-0.05, 0) is 30.4 Å². The first-order chi connectivity index (χ1) is 11.1. The summed E-state index contributed by atoms with van der Waals surface area (Å²) in [6.45, 7) is 4.46. The maximum absolute atomic E-state index is 12.6. The number of rotatable bonds is 4. The van der Waals surface area contributed by atoms with E-state index in [0.717, 1.165) is 32.5 Å². The number of carbonyl (C=O) groups excluding carboxylic acids is 1. The first kappa shape index (κ1) is 15.6. The Morgan fingerprint density at radius 2 is 2.13 bits per heavy atom. The minimum atomic E-state index is 0.0297. The lowest BCUT2D eigenvalue weighted by Gasteiger charge is -2.38. The predicted molar refractivity (Wildman–Crippen MR) is 84.3 cm³/mol. The highest BCUT2D eigenvalue weighted by Crippen LogP contribution is 2.31. The zero-order valence-corrected chi connectivity index (χ0v) is 13.5. The van der Waals surface area contributed by atoms with Crippen LogP contribution < -0.4 is 0 Å². The summed E-state index contributed by atoms with van der Waals surface area (Å²) in [5, 5.41) is 4.02. The van der Waals surface area contributed by atoms with Gasteiger partial charge in [0.15, 0.2) is 5.82 Å². The van der Waals surface area contributed by atoms with Crippen LogP contribution in [0.1, 0.15) is 30.1 Å². The first-order valence-corrected chi connectivity index (χ1v) is 7.71. The minimum Gasteiger partial charge on any atom is -0.384 e. The Labute approximate surface area is 135 Å². The van der Waals surface area contributed by atoms with Gasteiger partial charge in [-0.25, -0.2) is 14.6 Å². The number of pyridine rings is 1. The summed E-state index contributed by atoms with van der Waals surface area (Å²) in [5.41, 5.74) is 0.769. The molecule has 1 fully saturated rings. The monoisotopic (exact) mass is 315 g/mol. The molecule has 1 aliphatic heterocycles. The Morgan fingerprint density at radius 1 is 1.35 bits per heavy atom. The fraction of sp³-hybridized carbons (Fsp3) is 0.500. The van der Waals surface area contributed by atoms with Crippen molar-refractivity contribution in [2.45, 2.75) is 19.8 Å². The number of methoxy groups -OCH3 is 1. The molecule has 7 nitrogen and oxygen atoms in total. The maximum atomic E-state index is 12.6. The van der Waals surface area contributed by atoms with E-state index in [9.17, 15) is 4.79 Å². The van der Waals surface area contributed by atoms with Crippen molar-refractivity contribution >= 4 is 5.91 Å². The molecule has 7 heteroatoms. The van der Waals surface area contributed by atoms with Crippen LogP contribution in [0.4, 0.5) is 0 Å². The van der Waals surface area contributed by atoms with Gasteiger partial charge >= 0.3 is 0 Å². The van der Waals surface area contributed by atoms with Crippen LogP contribution in [0, 0.1) is 5.41 Å². The fourth-order valence-electron chi connectivity index (χ4n) is 2.90. The van der Waals surface area contributed by atoms with Crippen molar-refractivity contribution in [1.29, 1.82) is 0 Å². The van der Waals surface area contributed by atoms with Gasteiger partial charge in [0.25, 0.3) is 5.91 Å². The van der Waals surface area contributed by atoms with E-state index >= 15 is 0 Å². The summed E-state index contributed by atoms with van der Waals surface area (Å²) < 4.78 is 6.85. The summed E-state index contributed by atoms with van der Waals surface area (Å²) >= 11 is 0. The zero-order chi connectivity index (χ0) is 16.3. The number of carbonyl (C=O) groups is 1. The molecular formula is C16H21N5O2. The third-order valence-corrected chi connectivity index (χ3v) is 4.40. The average molecular weight is 315 g/mol. The Bertz CT molecular complexity index is 646. The van der Waals surface area contributed by atoms with Gasteiger partial charge in [-0.15, -0.1) is 0 Å². The zero-order valence-electron chi connectivity index (χ0n) is 13.5. The van der Waals surface area contributed by atoms with Gasteiger partial charge in [0, 0.05) is 26.4 Å². The van der Waals surface area contributed by atoms with E-state index in [4.69, 9.17) is 4.74 Å². The number of hydrogen-bond acceptors (Lipinski definition) is 5. The Morgan fingerprint density at radius 3 is 2.70 bits per heavy atom. The maximum Gasteiger partial charge on any atom is 0.255 e. The first-order valence-electron chi connectivity index (χ1n) is 7.71. The smallest absolute Gasteiger partial charge is 0.255 e. The highest BCUT2D eigenvalue weighted by molar-refractivity contribution is 5.94. The molecule has 0 atom stereocenters. The lowest BCUT2D eigenvalue weighted by molar-refractivity contribution is 0.0301. The molecule has 0 aliphatic carbocycles. The molecule has 122 valence electrons. The molecule has 3 rings (SSSR count). The Balaban J connectivity index is 1.65. The van der Waals surface area contributed by atoms with Crippen molar-refractivity contribution in [3.8, 4) is 5.82 Å². The van der Waals surface area contributed by atoms with Gasteiger partial charge in [0.1, 0.15) is 12.7 Å². The molecule has 2 aromatic heterocycles. The molecule has 0 N–H and O–H groups in total. The van der Waals surface area contributed by atoms with Crippen molar-refractivity contribution in [1.82, 2.24) is 24.6 Å². The number of amides is 1. The van der Waals surface area contributed by atoms with Crippen LogP contribution in [0.2, 0.25) is 0 Å². The van der Waals surface area contributed by atoms with Crippen molar-refractivity contribution < 1.29 is 9.53 Å². The Kier molecular flexibility index (Phi) is 4.38. The second-order valence-corrected chi connectivity index (χ2v) is 6.28. The SMILES string of the molecule is COCC1(C)CCN(C(=O)c2ccc(-n3cncn3)nc2)CC1. The molecular weight excluding hydrogens is 294 g/mol. The van der Waals surface area contributed by atoms with E-state index in [1.807, 2.05) is 4.90 Å². The van der Waals surface area contributed by atoms with Gasteiger partial charge < -0.3 is 9.64 Å². The van der Waals surface area contributed by atoms with Gasteiger partial charge in [-0.1, -0.05) is 6.92 Å². The van der Waals surface area contributed by atoms with Gasteiger partial charge in [-0.3, -0.25) is 4.79 Å². The second-order valence-electron chi connectivity index (χ2n) is 6.28. The highest BCUT2D eigenvalue weighted by Gasteiger charge is 2.32. The van der Waals surface area contributed by atoms with Crippen LogP contribution in [0.15, 0.2) is 31.0 Å². The highest BCUT2D eigenvalue weighted by atomic mass is 16.5. The molecule has 3 heterocycles. The number of piperidine rings is 1. The molecule has 0 unspecified atom stereocenters. The van der Waals surface area contributed by atoms with Crippen LogP contribution in [-0.2, 0) is 4.74 Å². The van der Waals surface area contributed by atoms with Crippen molar-refractivity contribution in [3.63, 3.8) is 0 Å².